The van der Waals surface area contributed by atoms with Crippen LogP contribution in [0.15, 0.2) is 47.5 Å². The van der Waals surface area contributed by atoms with Gasteiger partial charge in [-0.2, -0.15) is 0 Å². The Morgan fingerprint density at radius 1 is 1.04 bits per heavy atom. The molecule has 5 nitrogen and oxygen atoms in total. The van der Waals surface area contributed by atoms with E-state index in [1.165, 1.54) is 24.0 Å². The Hall–Kier alpha value is -2.53. The number of nitrogens with zero attached hydrogens (tertiary/aromatic N) is 3. The minimum Gasteiger partial charge on any atom is -0.361 e. The van der Waals surface area contributed by atoms with Crippen LogP contribution in [0.25, 0.3) is 11.1 Å². The van der Waals surface area contributed by atoms with E-state index in [0.29, 0.717) is 0 Å². The minimum absolute atomic E-state index is 0.247. The van der Waals surface area contributed by atoms with Crippen molar-refractivity contribution >= 4 is 0 Å². The molecule has 0 amide bonds. The van der Waals surface area contributed by atoms with Crippen LogP contribution < -0.4 is 5.32 Å². The monoisotopic (exact) mass is 334 g/mol. The Morgan fingerprint density at radius 3 is 2.60 bits per heavy atom. The third kappa shape index (κ3) is 3.46. The summed E-state index contributed by atoms with van der Waals surface area (Å²) >= 11 is 0. The van der Waals surface area contributed by atoms with E-state index in [4.69, 9.17) is 4.52 Å². The molecule has 5 heteroatoms. The van der Waals surface area contributed by atoms with Crippen molar-refractivity contribution in [2.45, 2.75) is 45.2 Å². The summed E-state index contributed by atoms with van der Waals surface area (Å²) in [4.78, 5) is 8.14. The second-order valence-electron chi connectivity index (χ2n) is 6.59. The van der Waals surface area contributed by atoms with E-state index in [1.807, 2.05) is 12.4 Å². The van der Waals surface area contributed by atoms with E-state index in [1.54, 1.807) is 6.33 Å². The highest BCUT2D eigenvalue weighted by molar-refractivity contribution is 5.61. The summed E-state index contributed by atoms with van der Waals surface area (Å²) in [5.74, 6) is 1.09. The molecule has 3 aromatic rings. The Morgan fingerprint density at radius 2 is 1.80 bits per heavy atom. The van der Waals surface area contributed by atoms with Gasteiger partial charge in [0.15, 0.2) is 0 Å². The predicted molar refractivity (Wildman–Crippen MR) is 95.9 cm³/mol. The molecule has 1 unspecified atom stereocenters. The zero-order chi connectivity index (χ0) is 17.1. The normalized spacial score (nSPS) is 14.9. The van der Waals surface area contributed by atoms with Crippen LogP contribution in [0.4, 0.5) is 0 Å². The maximum atomic E-state index is 5.49. The maximum Gasteiger partial charge on any atom is 0.140 e. The molecule has 25 heavy (non-hydrogen) atoms. The second-order valence-corrected chi connectivity index (χ2v) is 6.59. The van der Waals surface area contributed by atoms with Crippen LogP contribution in [-0.2, 0) is 19.4 Å². The van der Waals surface area contributed by atoms with Crippen LogP contribution >= 0.6 is 0 Å². The van der Waals surface area contributed by atoms with Crippen LogP contribution in [0.2, 0.25) is 0 Å². The first-order chi connectivity index (χ1) is 12.3. The first-order valence-electron chi connectivity index (χ1n) is 8.86. The molecule has 128 valence electrons. The molecule has 0 saturated carbocycles. The molecular weight excluding hydrogens is 312 g/mol. The second kappa shape index (κ2) is 7.15. The first-order valence-corrected chi connectivity index (χ1v) is 8.86. The lowest BCUT2D eigenvalue weighted by atomic mass is 9.96. The highest BCUT2D eigenvalue weighted by atomic mass is 16.5. The van der Waals surface area contributed by atoms with Gasteiger partial charge >= 0.3 is 0 Å². The van der Waals surface area contributed by atoms with Crippen LogP contribution in [-0.4, -0.2) is 15.1 Å². The summed E-state index contributed by atoms with van der Waals surface area (Å²) < 4.78 is 5.49. The predicted octanol–water partition coefficient (Wildman–Crippen LogP) is 3.86. The number of aryl methyl sites for hydroxylation is 1. The zero-order valence-electron chi connectivity index (χ0n) is 14.4. The largest absolute Gasteiger partial charge is 0.361 e. The van der Waals surface area contributed by atoms with Gasteiger partial charge in [-0.05, 0) is 37.3 Å². The SMILES string of the molecule is CC(NCc1noc2c1CCCC2)c1ccc(-c2cncnc2)cc1. The average molecular weight is 334 g/mol. The van der Waals surface area contributed by atoms with Crippen molar-refractivity contribution in [2.75, 3.05) is 0 Å². The molecule has 2 heterocycles. The summed E-state index contributed by atoms with van der Waals surface area (Å²) in [5.41, 5.74) is 5.80. The van der Waals surface area contributed by atoms with E-state index in [2.05, 4.69) is 51.6 Å². The molecule has 4 rings (SSSR count). The number of hydrogen-bond acceptors (Lipinski definition) is 5. The summed E-state index contributed by atoms with van der Waals surface area (Å²) in [7, 11) is 0. The van der Waals surface area contributed by atoms with Gasteiger partial charge in [0.25, 0.3) is 0 Å². The van der Waals surface area contributed by atoms with Crippen molar-refractivity contribution in [3.05, 3.63) is 65.6 Å². The summed E-state index contributed by atoms with van der Waals surface area (Å²) in [6.07, 6.45) is 9.79. The quantitative estimate of drug-likeness (QED) is 0.767. The molecule has 1 aromatic carbocycles. The Labute approximate surface area is 147 Å². The van der Waals surface area contributed by atoms with Crippen molar-refractivity contribution in [1.29, 1.82) is 0 Å². The lowest BCUT2D eigenvalue weighted by Crippen LogP contribution is -2.19. The zero-order valence-corrected chi connectivity index (χ0v) is 14.4. The summed E-state index contributed by atoms with van der Waals surface area (Å²) in [6.45, 7) is 2.92. The fourth-order valence-corrected chi connectivity index (χ4v) is 3.37. The standard InChI is InChI=1S/C20H22N4O/c1-14(23-12-19-18-4-2-3-5-20(18)25-24-19)15-6-8-16(9-7-15)17-10-21-13-22-11-17/h6-11,13-14,23H,2-5,12H2,1H3. The summed E-state index contributed by atoms with van der Waals surface area (Å²) in [5, 5.41) is 7.83. The van der Waals surface area contributed by atoms with Gasteiger partial charge < -0.3 is 9.84 Å². The van der Waals surface area contributed by atoms with Crippen LogP contribution in [0.1, 0.15) is 48.4 Å². The molecule has 1 atom stereocenters. The highest BCUT2D eigenvalue weighted by Crippen LogP contribution is 2.25. The topological polar surface area (TPSA) is 63.8 Å². The molecule has 2 aromatic heterocycles. The number of rotatable bonds is 5. The van der Waals surface area contributed by atoms with Crippen molar-refractivity contribution in [2.24, 2.45) is 0 Å². The van der Waals surface area contributed by atoms with Gasteiger partial charge in [-0.25, -0.2) is 9.97 Å². The van der Waals surface area contributed by atoms with Gasteiger partial charge in [-0.3, -0.25) is 0 Å². The van der Waals surface area contributed by atoms with Crippen LogP contribution in [0.3, 0.4) is 0 Å². The van der Waals surface area contributed by atoms with Gasteiger partial charge in [0.1, 0.15) is 17.8 Å². The fraction of sp³-hybridized carbons (Fsp3) is 0.350. The molecule has 1 N–H and O–H groups in total. The van der Waals surface area contributed by atoms with Crippen molar-refractivity contribution in [3.8, 4) is 11.1 Å². The van der Waals surface area contributed by atoms with Crippen molar-refractivity contribution < 1.29 is 4.52 Å². The van der Waals surface area contributed by atoms with Crippen molar-refractivity contribution in [1.82, 2.24) is 20.4 Å². The molecule has 1 aliphatic carbocycles. The molecule has 1 aliphatic rings. The third-order valence-corrected chi connectivity index (χ3v) is 4.91. The Bertz CT molecular complexity index is 827. The third-order valence-electron chi connectivity index (χ3n) is 4.91. The summed E-state index contributed by atoms with van der Waals surface area (Å²) in [6, 6.07) is 8.78. The van der Waals surface area contributed by atoms with E-state index < -0.39 is 0 Å². The number of nitrogens with one attached hydrogen (secondary N) is 1. The average Bonchev–Trinajstić information content (AvgIpc) is 3.10. The van der Waals surface area contributed by atoms with Gasteiger partial charge in [0.2, 0.25) is 0 Å². The van der Waals surface area contributed by atoms with Crippen LogP contribution in [0.5, 0.6) is 0 Å². The van der Waals surface area contributed by atoms with Gasteiger partial charge in [0.05, 0.1) is 0 Å². The van der Waals surface area contributed by atoms with Gasteiger partial charge in [-0.15, -0.1) is 0 Å². The lowest BCUT2D eigenvalue weighted by Gasteiger charge is -2.15. The van der Waals surface area contributed by atoms with E-state index in [9.17, 15) is 0 Å². The Balaban J connectivity index is 1.41. The smallest absolute Gasteiger partial charge is 0.140 e. The van der Waals surface area contributed by atoms with Crippen molar-refractivity contribution in [3.63, 3.8) is 0 Å². The molecule has 0 aliphatic heterocycles. The van der Waals surface area contributed by atoms with Gasteiger partial charge in [0, 0.05) is 42.5 Å². The minimum atomic E-state index is 0.247. The number of benzene rings is 1. The Kier molecular flexibility index (Phi) is 4.57. The lowest BCUT2D eigenvalue weighted by molar-refractivity contribution is 0.365. The maximum absolute atomic E-state index is 5.49. The van der Waals surface area contributed by atoms with E-state index in [-0.39, 0.29) is 6.04 Å². The number of aromatic nitrogens is 3. The number of hydrogen-bond donors (Lipinski definition) is 1. The molecule has 0 bridgehead atoms. The molecule has 0 radical (unpaired) electrons. The molecule has 0 spiro atoms. The first kappa shape index (κ1) is 16.0. The molecule has 0 saturated heterocycles. The number of fused-ring (bicyclic) bond motifs is 1. The molecular formula is C20H22N4O. The highest BCUT2D eigenvalue weighted by Gasteiger charge is 2.19. The fourth-order valence-electron chi connectivity index (χ4n) is 3.37. The van der Waals surface area contributed by atoms with E-state index >= 15 is 0 Å². The van der Waals surface area contributed by atoms with Crippen LogP contribution in [0, 0.1) is 0 Å². The molecule has 0 fully saturated rings. The van der Waals surface area contributed by atoms with Gasteiger partial charge in [-0.1, -0.05) is 29.4 Å². The van der Waals surface area contributed by atoms with E-state index in [0.717, 1.165) is 42.0 Å².